The van der Waals surface area contributed by atoms with Gasteiger partial charge in [-0.3, -0.25) is 14.5 Å². The molecule has 0 saturated heterocycles. The van der Waals surface area contributed by atoms with E-state index in [0.29, 0.717) is 5.92 Å². The summed E-state index contributed by atoms with van der Waals surface area (Å²) < 4.78 is 0. The third kappa shape index (κ3) is 2.11. The first-order valence-electron chi connectivity index (χ1n) is 8.32. The number of hydrogen-bond donors (Lipinski definition) is 0. The second kappa shape index (κ2) is 5.71. The number of fused-ring (bicyclic) bond motifs is 1. The van der Waals surface area contributed by atoms with E-state index in [1.807, 2.05) is 0 Å². The third-order valence-corrected chi connectivity index (χ3v) is 5.15. The Kier molecular flexibility index (Phi) is 3.90. The largest absolute Gasteiger partial charge is 0.269 e. The average molecular weight is 297 g/mol. The molecule has 0 N–H and O–H groups in total. The van der Waals surface area contributed by atoms with Gasteiger partial charge in [0.05, 0.1) is 6.04 Å². The number of benzene rings is 1. The summed E-state index contributed by atoms with van der Waals surface area (Å²) in [6.07, 6.45) is 6.74. The lowest BCUT2D eigenvalue weighted by Crippen LogP contribution is -2.33. The monoisotopic (exact) mass is 297 g/mol. The van der Waals surface area contributed by atoms with E-state index in [2.05, 4.69) is 32.9 Å². The zero-order valence-corrected chi connectivity index (χ0v) is 13.6. The van der Waals surface area contributed by atoms with Crippen LogP contribution in [0.15, 0.2) is 24.3 Å². The smallest absolute Gasteiger partial charge is 0.254 e. The Morgan fingerprint density at radius 3 is 2.27 bits per heavy atom. The Morgan fingerprint density at radius 2 is 1.73 bits per heavy atom. The fraction of sp³-hybridized carbons (Fsp3) is 0.474. The number of rotatable bonds is 4. The minimum atomic E-state index is -0.171. The van der Waals surface area contributed by atoms with Crippen molar-refractivity contribution in [3.8, 4) is 0 Å². The van der Waals surface area contributed by atoms with Crippen LogP contribution >= 0.6 is 0 Å². The highest BCUT2D eigenvalue weighted by atomic mass is 16.2. The van der Waals surface area contributed by atoms with Crippen LogP contribution < -0.4 is 0 Å². The lowest BCUT2D eigenvalue weighted by atomic mass is 9.88. The fourth-order valence-corrected chi connectivity index (χ4v) is 4.10. The standard InChI is InChI=1S/C19H23NO2/c1-4-12-7-8-15-16(20-17(21)9-10-18(20)22)11-13(5-2)19(15)14(12)6-3/h7-10,13,16H,4-6,11H2,1-3H3/t13-,16-/m0/s1. The van der Waals surface area contributed by atoms with E-state index in [4.69, 9.17) is 0 Å². The first kappa shape index (κ1) is 15.0. The van der Waals surface area contributed by atoms with Gasteiger partial charge in [0, 0.05) is 12.2 Å². The van der Waals surface area contributed by atoms with Crippen LogP contribution in [0.25, 0.3) is 0 Å². The molecule has 3 nitrogen and oxygen atoms in total. The molecule has 0 unspecified atom stereocenters. The Balaban J connectivity index is 2.10. The highest BCUT2D eigenvalue weighted by molar-refractivity contribution is 6.13. The third-order valence-electron chi connectivity index (χ3n) is 5.15. The highest BCUT2D eigenvalue weighted by Gasteiger charge is 2.40. The molecule has 0 fully saturated rings. The Labute approximate surface area is 132 Å². The van der Waals surface area contributed by atoms with E-state index < -0.39 is 0 Å². The zero-order chi connectivity index (χ0) is 15.9. The number of imide groups is 1. The summed E-state index contributed by atoms with van der Waals surface area (Å²) in [5.74, 6) is 0.105. The first-order chi connectivity index (χ1) is 10.6. The van der Waals surface area contributed by atoms with Gasteiger partial charge in [0.15, 0.2) is 0 Å². The van der Waals surface area contributed by atoms with Gasteiger partial charge in [0.1, 0.15) is 0 Å². The van der Waals surface area contributed by atoms with Crippen molar-refractivity contribution in [2.24, 2.45) is 0 Å². The van der Waals surface area contributed by atoms with E-state index >= 15 is 0 Å². The molecule has 2 aliphatic rings. The maximum absolute atomic E-state index is 12.1. The Bertz CT molecular complexity index is 642. The molecular weight excluding hydrogens is 274 g/mol. The molecule has 0 bridgehead atoms. The van der Waals surface area contributed by atoms with Crippen molar-refractivity contribution in [2.75, 3.05) is 0 Å². The quantitative estimate of drug-likeness (QED) is 0.795. The minimum absolute atomic E-state index is 0.0915. The summed E-state index contributed by atoms with van der Waals surface area (Å²) in [6.45, 7) is 6.58. The van der Waals surface area contributed by atoms with Crippen molar-refractivity contribution in [1.29, 1.82) is 0 Å². The second-order valence-corrected chi connectivity index (χ2v) is 6.15. The maximum Gasteiger partial charge on any atom is 0.254 e. The molecule has 3 heteroatoms. The normalized spacial score (nSPS) is 23.5. The predicted molar refractivity (Wildman–Crippen MR) is 86.6 cm³/mol. The van der Waals surface area contributed by atoms with Crippen molar-refractivity contribution in [3.63, 3.8) is 0 Å². The molecule has 1 aromatic rings. The zero-order valence-electron chi connectivity index (χ0n) is 13.6. The first-order valence-corrected chi connectivity index (χ1v) is 8.32. The molecule has 0 aromatic heterocycles. The molecule has 22 heavy (non-hydrogen) atoms. The van der Waals surface area contributed by atoms with E-state index in [1.165, 1.54) is 39.3 Å². The average Bonchev–Trinajstić information content (AvgIpc) is 3.06. The SMILES string of the molecule is CCc1ccc2c(c1CC)[C@@H](CC)C[C@@H]2N1C(=O)C=CC1=O. The van der Waals surface area contributed by atoms with E-state index in [9.17, 15) is 9.59 Å². The van der Waals surface area contributed by atoms with Gasteiger partial charge in [-0.1, -0.05) is 32.9 Å². The van der Waals surface area contributed by atoms with Crippen LogP contribution in [0.1, 0.15) is 67.8 Å². The summed E-state index contributed by atoms with van der Waals surface area (Å²) in [5.41, 5.74) is 5.42. The van der Waals surface area contributed by atoms with Crippen LogP contribution in [0.2, 0.25) is 0 Å². The highest BCUT2D eigenvalue weighted by Crippen LogP contribution is 2.48. The van der Waals surface area contributed by atoms with Crippen molar-refractivity contribution in [1.82, 2.24) is 4.90 Å². The molecule has 1 aliphatic heterocycles. The number of nitrogens with zero attached hydrogens (tertiary/aromatic N) is 1. The second-order valence-electron chi connectivity index (χ2n) is 6.15. The molecule has 0 saturated carbocycles. The summed E-state index contributed by atoms with van der Waals surface area (Å²) in [5, 5.41) is 0. The van der Waals surface area contributed by atoms with Gasteiger partial charge in [-0.25, -0.2) is 0 Å². The van der Waals surface area contributed by atoms with Gasteiger partial charge in [0.2, 0.25) is 0 Å². The van der Waals surface area contributed by atoms with Gasteiger partial charge in [-0.05, 0) is 53.9 Å². The predicted octanol–water partition coefficient (Wildman–Crippen LogP) is 3.67. The van der Waals surface area contributed by atoms with Crippen molar-refractivity contribution < 1.29 is 9.59 Å². The van der Waals surface area contributed by atoms with Crippen LogP contribution in [-0.4, -0.2) is 16.7 Å². The van der Waals surface area contributed by atoms with Crippen molar-refractivity contribution in [2.45, 2.75) is 58.4 Å². The fourth-order valence-electron chi connectivity index (χ4n) is 4.10. The molecule has 1 aliphatic carbocycles. The number of hydrogen-bond acceptors (Lipinski definition) is 2. The van der Waals surface area contributed by atoms with Gasteiger partial charge in [0.25, 0.3) is 11.8 Å². The van der Waals surface area contributed by atoms with Gasteiger partial charge >= 0.3 is 0 Å². The Morgan fingerprint density at radius 1 is 1.05 bits per heavy atom. The van der Waals surface area contributed by atoms with Crippen LogP contribution in [0.3, 0.4) is 0 Å². The van der Waals surface area contributed by atoms with Gasteiger partial charge < -0.3 is 0 Å². The molecule has 116 valence electrons. The van der Waals surface area contributed by atoms with Crippen LogP contribution in [0.4, 0.5) is 0 Å². The summed E-state index contributed by atoms with van der Waals surface area (Å²) >= 11 is 0. The van der Waals surface area contributed by atoms with Crippen molar-refractivity contribution >= 4 is 11.8 Å². The van der Waals surface area contributed by atoms with E-state index in [1.54, 1.807) is 0 Å². The number of carbonyl (C=O) groups excluding carboxylic acids is 2. The summed E-state index contributed by atoms with van der Waals surface area (Å²) in [7, 11) is 0. The number of aryl methyl sites for hydroxylation is 1. The molecular formula is C19H23NO2. The minimum Gasteiger partial charge on any atom is -0.269 e. The molecule has 2 atom stereocenters. The lowest BCUT2D eigenvalue weighted by molar-refractivity contribution is -0.139. The van der Waals surface area contributed by atoms with Gasteiger partial charge in [-0.15, -0.1) is 0 Å². The van der Waals surface area contributed by atoms with E-state index in [0.717, 1.165) is 25.7 Å². The Hall–Kier alpha value is -1.90. The number of amides is 2. The van der Waals surface area contributed by atoms with Crippen molar-refractivity contribution in [3.05, 3.63) is 46.5 Å². The van der Waals surface area contributed by atoms with Crippen LogP contribution in [-0.2, 0) is 22.4 Å². The molecule has 1 heterocycles. The molecule has 2 amide bonds. The molecule has 0 spiro atoms. The van der Waals surface area contributed by atoms with E-state index in [-0.39, 0.29) is 17.9 Å². The van der Waals surface area contributed by atoms with Crippen LogP contribution in [0.5, 0.6) is 0 Å². The molecule has 1 aromatic carbocycles. The number of carbonyl (C=O) groups is 2. The van der Waals surface area contributed by atoms with Crippen LogP contribution in [0, 0.1) is 0 Å². The molecule has 0 radical (unpaired) electrons. The maximum atomic E-state index is 12.1. The summed E-state index contributed by atoms with van der Waals surface area (Å²) in [6, 6.07) is 4.24. The lowest BCUT2D eigenvalue weighted by Gasteiger charge is -2.23. The van der Waals surface area contributed by atoms with Gasteiger partial charge in [-0.2, -0.15) is 0 Å². The summed E-state index contributed by atoms with van der Waals surface area (Å²) in [4.78, 5) is 25.6. The topological polar surface area (TPSA) is 37.4 Å². The molecule has 3 rings (SSSR count).